The van der Waals surface area contributed by atoms with Gasteiger partial charge in [-0.1, -0.05) is 6.07 Å². The van der Waals surface area contributed by atoms with Crippen LogP contribution in [-0.4, -0.2) is 9.97 Å². The minimum Gasteiger partial charge on any atom is -0.440 e. The molecule has 0 aliphatic rings. The van der Waals surface area contributed by atoms with Crippen molar-refractivity contribution in [2.75, 3.05) is 5.73 Å². The van der Waals surface area contributed by atoms with Crippen molar-refractivity contribution in [1.82, 2.24) is 9.97 Å². The van der Waals surface area contributed by atoms with Gasteiger partial charge in [0.2, 0.25) is 5.89 Å². The SMILES string of the molecule is Cc1oc(-c2cccs2)nc1CSc1ccc(N)nc1. The van der Waals surface area contributed by atoms with Crippen molar-refractivity contribution < 1.29 is 4.42 Å². The molecular weight excluding hydrogens is 290 g/mol. The Hall–Kier alpha value is -1.79. The fraction of sp³-hybridized carbons (Fsp3) is 0.143. The molecule has 2 N–H and O–H groups in total. The molecule has 0 spiro atoms. The zero-order chi connectivity index (χ0) is 13.9. The maximum Gasteiger partial charge on any atom is 0.236 e. The van der Waals surface area contributed by atoms with E-state index in [0.29, 0.717) is 11.7 Å². The number of thiophene rings is 1. The first-order valence-electron chi connectivity index (χ1n) is 6.07. The Bertz CT molecular complexity index is 690. The molecule has 0 aromatic carbocycles. The lowest BCUT2D eigenvalue weighted by Crippen LogP contribution is -1.89. The number of thioether (sulfide) groups is 1. The number of pyridine rings is 1. The second-order valence-corrected chi connectivity index (χ2v) is 6.20. The quantitative estimate of drug-likeness (QED) is 0.738. The van der Waals surface area contributed by atoms with Gasteiger partial charge in [-0.3, -0.25) is 0 Å². The highest BCUT2D eigenvalue weighted by atomic mass is 32.2. The summed E-state index contributed by atoms with van der Waals surface area (Å²) >= 11 is 3.30. The van der Waals surface area contributed by atoms with E-state index in [4.69, 9.17) is 10.2 Å². The second-order valence-electron chi connectivity index (χ2n) is 4.21. The van der Waals surface area contributed by atoms with Crippen LogP contribution in [0, 0.1) is 6.92 Å². The number of nitrogens with two attached hydrogens (primary N) is 1. The summed E-state index contributed by atoms with van der Waals surface area (Å²) in [6.45, 7) is 1.95. The first kappa shape index (κ1) is 13.2. The van der Waals surface area contributed by atoms with Crippen molar-refractivity contribution >= 4 is 28.9 Å². The van der Waals surface area contributed by atoms with Crippen molar-refractivity contribution in [2.24, 2.45) is 0 Å². The van der Waals surface area contributed by atoms with Gasteiger partial charge in [-0.25, -0.2) is 9.97 Å². The van der Waals surface area contributed by atoms with E-state index in [1.165, 1.54) is 0 Å². The van der Waals surface area contributed by atoms with Crippen molar-refractivity contribution in [3.05, 3.63) is 47.3 Å². The zero-order valence-corrected chi connectivity index (χ0v) is 12.5. The van der Waals surface area contributed by atoms with Crippen molar-refractivity contribution in [3.63, 3.8) is 0 Å². The molecule has 0 bridgehead atoms. The number of nitrogens with zero attached hydrogens (tertiary/aromatic N) is 2. The largest absolute Gasteiger partial charge is 0.440 e. The molecule has 0 fully saturated rings. The third-order valence-corrected chi connectivity index (χ3v) is 4.61. The van der Waals surface area contributed by atoms with Crippen molar-refractivity contribution in [1.29, 1.82) is 0 Å². The zero-order valence-electron chi connectivity index (χ0n) is 10.9. The number of oxazole rings is 1. The molecule has 0 aliphatic heterocycles. The van der Waals surface area contributed by atoms with Gasteiger partial charge in [0.25, 0.3) is 0 Å². The Balaban J connectivity index is 1.73. The molecule has 6 heteroatoms. The predicted molar refractivity (Wildman–Crippen MR) is 82.8 cm³/mol. The van der Waals surface area contributed by atoms with Crippen LogP contribution < -0.4 is 5.73 Å². The summed E-state index contributed by atoms with van der Waals surface area (Å²) in [5.74, 6) is 2.85. The van der Waals surface area contributed by atoms with E-state index in [2.05, 4.69) is 9.97 Å². The van der Waals surface area contributed by atoms with E-state index in [1.54, 1.807) is 35.4 Å². The van der Waals surface area contributed by atoms with Gasteiger partial charge in [0.15, 0.2) is 0 Å². The number of aromatic nitrogens is 2. The van der Waals surface area contributed by atoms with Gasteiger partial charge in [0, 0.05) is 16.8 Å². The normalized spacial score (nSPS) is 10.8. The summed E-state index contributed by atoms with van der Waals surface area (Å²) in [6, 6.07) is 7.77. The van der Waals surface area contributed by atoms with Crippen molar-refractivity contribution in [2.45, 2.75) is 17.6 Å². The fourth-order valence-electron chi connectivity index (χ4n) is 1.70. The second kappa shape index (κ2) is 5.68. The van der Waals surface area contributed by atoms with Gasteiger partial charge >= 0.3 is 0 Å². The minimum atomic E-state index is 0.534. The number of nitrogen functional groups attached to an aromatic ring is 1. The van der Waals surface area contributed by atoms with Crippen molar-refractivity contribution in [3.8, 4) is 10.8 Å². The molecule has 0 amide bonds. The lowest BCUT2D eigenvalue weighted by Gasteiger charge is -1.99. The van der Waals surface area contributed by atoms with Crippen LogP contribution in [0.1, 0.15) is 11.5 Å². The van der Waals surface area contributed by atoms with Crippen LogP contribution in [0.25, 0.3) is 10.8 Å². The Morgan fingerprint density at radius 1 is 1.35 bits per heavy atom. The summed E-state index contributed by atoms with van der Waals surface area (Å²) in [5.41, 5.74) is 6.54. The highest BCUT2D eigenvalue weighted by Gasteiger charge is 2.12. The third-order valence-electron chi connectivity index (χ3n) is 2.76. The molecular formula is C14H13N3OS2. The van der Waals surface area contributed by atoms with Gasteiger partial charge in [0.05, 0.1) is 10.6 Å². The predicted octanol–water partition coefficient (Wildman–Crippen LogP) is 3.98. The topological polar surface area (TPSA) is 64.9 Å². The lowest BCUT2D eigenvalue weighted by molar-refractivity contribution is 0.542. The monoisotopic (exact) mass is 303 g/mol. The standard InChI is InChI=1S/C14H13N3OS2/c1-9-11(8-20-10-4-5-13(15)16-7-10)17-14(18-9)12-3-2-6-19-12/h2-7H,8H2,1H3,(H2,15,16). The molecule has 0 atom stereocenters. The Kier molecular flexibility index (Phi) is 3.75. The van der Waals surface area contributed by atoms with Crippen LogP contribution in [0.5, 0.6) is 0 Å². The molecule has 0 unspecified atom stereocenters. The maximum atomic E-state index is 5.72. The van der Waals surface area contributed by atoms with E-state index in [9.17, 15) is 0 Å². The smallest absolute Gasteiger partial charge is 0.236 e. The summed E-state index contributed by atoms with van der Waals surface area (Å²) in [5, 5.41) is 2.02. The van der Waals surface area contributed by atoms with Gasteiger partial charge in [-0.15, -0.1) is 23.1 Å². The van der Waals surface area contributed by atoms with E-state index < -0.39 is 0 Å². The summed E-state index contributed by atoms with van der Waals surface area (Å²) in [7, 11) is 0. The van der Waals surface area contributed by atoms with Gasteiger partial charge in [-0.2, -0.15) is 0 Å². The molecule has 3 heterocycles. The van der Waals surface area contributed by atoms with Crippen LogP contribution in [0.15, 0.2) is 45.2 Å². The number of rotatable bonds is 4. The fourth-order valence-corrected chi connectivity index (χ4v) is 3.21. The molecule has 0 aliphatic carbocycles. The minimum absolute atomic E-state index is 0.534. The molecule has 3 aromatic heterocycles. The molecule has 0 saturated carbocycles. The molecule has 4 nitrogen and oxygen atoms in total. The Labute approximate surface area is 125 Å². The number of hydrogen-bond donors (Lipinski definition) is 1. The maximum absolute atomic E-state index is 5.72. The van der Waals surface area contributed by atoms with Crippen LogP contribution in [0.2, 0.25) is 0 Å². The summed E-state index contributed by atoms with van der Waals surface area (Å²) in [6.07, 6.45) is 1.77. The van der Waals surface area contributed by atoms with E-state index in [1.807, 2.05) is 30.5 Å². The highest BCUT2D eigenvalue weighted by Crippen LogP contribution is 2.29. The number of anilines is 1. The van der Waals surface area contributed by atoms with E-state index >= 15 is 0 Å². The lowest BCUT2D eigenvalue weighted by atomic mass is 10.4. The molecule has 0 radical (unpaired) electrons. The van der Waals surface area contributed by atoms with Crippen LogP contribution in [0.4, 0.5) is 5.82 Å². The first-order chi connectivity index (χ1) is 9.72. The van der Waals surface area contributed by atoms with Crippen LogP contribution in [-0.2, 0) is 5.75 Å². The van der Waals surface area contributed by atoms with Crippen LogP contribution >= 0.6 is 23.1 Å². The van der Waals surface area contributed by atoms with Gasteiger partial charge in [-0.05, 0) is 30.5 Å². The van der Waals surface area contributed by atoms with Gasteiger partial charge in [0.1, 0.15) is 11.6 Å². The van der Waals surface area contributed by atoms with Gasteiger partial charge < -0.3 is 10.2 Å². The highest BCUT2D eigenvalue weighted by molar-refractivity contribution is 7.98. The Morgan fingerprint density at radius 3 is 2.95 bits per heavy atom. The number of aryl methyl sites for hydroxylation is 1. The summed E-state index contributed by atoms with van der Waals surface area (Å²) < 4.78 is 5.72. The average Bonchev–Trinajstić information content (AvgIpc) is 3.08. The molecule has 20 heavy (non-hydrogen) atoms. The summed E-state index contributed by atoms with van der Waals surface area (Å²) in [4.78, 5) is 10.8. The van der Waals surface area contributed by atoms with E-state index in [0.717, 1.165) is 27.0 Å². The molecule has 3 rings (SSSR count). The first-order valence-corrected chi connectivity index (χ1v) is 7.93. The molecule has 102 valence electrons. The molecule has 3 aromatic rings. The number of hydrogen-bond acceptors (Lipinski definition) is 6. The van der Waals surface area contributed by atoms with E-state index in [-0.39, 0.29) is 0 Å². The average molecular weight is 303 g/mol. The third kappa shape index (κ3) is 2.86. The molecule has 0 saturated heterocycles. The Morgan fingerprint density at radius 2 is 2.25 bits per heavy atom. The van der Waals surface area contributed by atoms with Crippen LogP contribution in [0.3, 0.4) is 0 Å².